The lowest BCUT2D eigenvalue weighted by Crippen LogP contribution is -2.12. The first kappa shape index (κ1) is 12.1. The molecule has 0 aliphatic heterocycles. The first-order chi connectivity index (χ1) is 8.11. The van der Waals surface area contributed by atoms with Gasteiger partial charge in [-0.2, -0.15) is 0 Å². The molecule has 0 amide bonds. The van der Waals surface area contributed by atoms with E-state index in [0.29, 0.717) is 6.54 Å². The normalized spacial score (nSPS) is 10.7. The predicted octanol–water partition coefficient (Wildman–Crippen LogP) is 1.45. The highest BCUT2D eigenvalue weighted by Gasteiger charge is 2.13. The monoisotopic (exact) mass is 346 g/mol. The second kappa shape index (κ2) is 4.86. The Labute approximate surface area is 111 Å². The Morgan fingerprint density at radius 2 is 2.29 bits per heavy atom. The summed E-state index contributed by atoms with van der Waals surface area (Å²) in [7, 11) is 0. The van der Waals surface area contributed by atoms with Crippen LogP contribution in [-0.4, -0.2) is 30.4 Å². The summed E-state index contributed by atoms with van der Waals surface area (Å²) in [6, 6.07) is 1.63. The Balaban J connectivity index is 2.33. The fourth-order valence-electron chi connectivity index (χ4n) is 1.60. The molecule has 17 heavy (non-hydrogen) atoms. The Hall–Kier alpha value is -1.38. The van der Waals surface area contributed by atoms with Crippen LogP contribution >= 0.6 is 22.6 Å². The lowest BCUT2D eigenvalue weighted by atomic mass is 10.4. The van der Waals surface area contributed by atoms with Gasteiger partial charge in [0.25, 0.3) is 0 Å². The summed E-state index contributed by atoms with van der Waals surface area (Å²) in [6.07, 6.45) is 3.43. The molecule has 1 N–H and O–H groups in total. The number of hydrogen-bond acceptors (Lipinski definition) is 3. The van der Waals surface area contributed by atoms with Gasteiger partial charge in [-0.15, -0.1) is 10.2 Å². The van der Waals surface area contributed by atoms with Crippen LogP contribution in [0.4, 0.5) is 0 Å². The summed E-state index contributed by atoms with van der Waals surface area (Å²) >= 11 is 2.09. The zero-order valence-electron chi connectivity index (χ0n) is 9.17. The number of aryl methyl sites for hydroxylation is 1. The van der Waals surface area contributed by atoms with E-state index in [0.717, 1.165) is 15.9 Å². The van der Waals surface area contributed by atoms with Gasteiger partial charge < -0.3 is 14.2 Å². The molecule has 6 nitrogen and oxygen atoms in total. The molecular formula is C10H11IN4O2. The highest BCUT2D eigenvalue weighted by atomic mass is 127. The van der Waals surface area contributed by atoms with Crippen LogP contribution in [0.25, 0.3) is 0 Å². The topological polar surface area (TPSA) is 72.9 Å². The van der Waals surface area contributed by atoms with Crippen molar-refractivity contribution in [2.75, 3.05) is 0 Å². The first-order valence-electron chi connectivity index (χ1n) is 5.07. The number of carboxylic acids is 1. The van der Waals surface area contributed by atoms with Crippen LogP contribution in [0.3, 0.4) is 0 Å². The van der Waals surface area contributed by atoms with Gasteiger partial charge in [-0.3, -0.25) is 0 Å². The van der Waals surface area contributed by atoms with Crippen LogP contribution in [-0.2, 0) is 13.1 Å². The maximum Gasteiger partial charge on any atom is 0.352 e. The largest absolute Gasteiger partial charge is 0.477 e. The molecule has 90 valence electrons. The zero-order chi connectivity index (χ0) is 12.4. The highest BCUT2D eigenvalue weighted by molar-refractivity contribution is 14.1. The summed E-state index contributed by atoms with van der Waals surface area (Å²) in [5, 5.41) is 16.9. The van der Waals surface area contributed by atoms with Crippen molar-refractivity contribution in [3.8, 4) is 0 Å². The van der Waals surface area contributed by atoms with E-state index in [2.05, 4.69) is 32.8 Å². The van der Waals surface area contributed by atoms with Gasteiger partial charge in [-0.1, -0.05) is 0 Å². The van der Waals surface area contributed by atoms with E-state index >= 15 is 0 Å². The SMILES string of the molecule is CCn1cnnc1Cn1cc(I)cc1C(=O)O. The van der Waals surface area contributed by atoms with Gasteiger partial charge in [0.1, 0.15) is 12.0 Å². The van der Waals surface area contributed by atoms with E-state index in [1.54, 1.807) is 23.2 Å². The van der Waals surface area contributed by atoms with Crippen molar-refractivity contribution in [1.82, 2.24) is 19.3 Å². The van der Waals surface area contributed by atoms with E-state index in [9.17, 15) is 4.79 Å². The van der Waals surface area contributed by atoms with Gasteiger partial charge in [0.05, 0.1) is 6.54 Å². The van der Waals surface area contributed by atoms with Crippen molar-refractivity contribution in [2.24, 2.45) is 0 Å². The van der Waals surface area contributed by atoms with E-state index in [1.165, 1.54) is 0 Å². The molecule has 2 aromatic heterocycles. The average Bonchev–Trinajstić information content (AvgIpc) is 2.85. The Morgan fingerprint density at radius 1 is 1.53 bits per heavy atom. The molecule has 0 unspecified atom stereocenters. The molecule has 0 aliphatic carbocycles. The molecule has 0 radical (unpaired) electrons. The van der Waals surface area contributed by atoms with E-state index in [-0.39, 0.29) is 5.69 Å². The third-order valence-corrected chi connectivity index (χ3v) is 3.02. The fourth-order valence-corrected chi connectivity index (χ4v) is 2.23. The second-order valence-corrected chi connectivity index (χ2v) is 4.76. The Bertz CT molecular complexity index is 546. The van der Waals surface area contributed by atoms with Crippen molar-refractivity contribution in [3.05, 3.63) is 33.7 Å². The van der Waals surface area contributed by atoms with Gasteiger partial charge in [-0.05, 0) is 35.6 Å². The third kappa shape index (κ3) is 2.48. The third-order valence-electron chi connectivity index (χ3n) is 2.43. The molecule has 2 heterocycles. The minimum atomic E-state index is -0.935. The average molecular weight is 346 g/mol. The van der Waals surface area contributed by atoms with Crippen molar-refractivity contribution in [2.45, 2.75) is 20.0 Å². The molecule has 2 aromatic rings. The zero-order valence-corrected chi connectivity index (χ0v) is 11.3. The number of carboxylic acid groups (broad SMARTS) is 1. The minimum absolute atomic E-state index is 0.264. The molecule has 0 aliphatic rings. The van der Waals surface area contributed by atoms with Crippen LogP contribution in [0, 0.1) is 3.57 Å². The summed E-state index contributed by atoms with van der Waals surface area (Å²) < 4.78 is 4.45. The number of halogens is 1. The van der Waals surface area contributed by atoms with E-state index in [1.807, 2.05) is 11.5 Å². The fraction of sp³-hybridized carbons (Fsp3) is 0.300. The van der Waals surface area contributed by atoms with Crippen molar-refractivity contribution >= 4 is 28.6 Å². The summed E-state index contributed by atoms with van der Waals surface area (Å²) in [4.78, 5) is 11.1. The molecule has 0 spiro atoms. The quantitative estimate of drug-likeness (QED) is 0.851. The lowest BCUT2D eigenvalue weighted by molar-refractivity contribution is 0.0685. The van der Waals surface area contributed by atoms with E-state index in [4.69, 9.17) is 5.11 Å². The lowest BCUT2D eigenvalue weighted by Gasteiger charge is -2.06. The molecule has 0 atom stereocenters. The molecule has 0 fully saturated rings. The van der Waals surface area contributed by atoms with Crippen LogP contribution in [0.2, 0.25) is 0 Å². The molecule has 2 rings (SSSR count). The van der Waals surface area contributed by atoms with Gasteiger partial charge in [0, 0.05) is 16.3 Å². The summed E-state index contributed by atoms with van der Waals surface area (Å²) in [6.45, 7) is 3.17. The minimum Gasteiger partial charge on any atom is -0.477 e. The van der Waals surface area contributed by atoms with Crippen molar-refractivity contribution < 1.29 is 9.90 Å². The predicted molar refractivity (Wildman–Crippen MR) is 68.9 cm³/mol. The Morgan fingerprint density at radius 3 is 2.94 bits per heavy atom. The molecule has 0 bridgehead atoms. The number of hydrogen-bond donors (Lipinski definition) is 1. The van der Waals surface area contributed by atoms with Crippen molar-refractivity contribution in [3.63, 3.8) is 0 Å². The van der Waals surface area contributed by atoms with Crippen LogP contribution in [0.5, 0.6) is 0 Å². The first-order valence-corrected chi connectivity index (χ1v) is 6.15. The maximum absolute atomic E-state index is 11.1. The molecule has 0 aromatic carbocycles. The van der Waals surface area contributed by atoms with Crippen LogP contribution in [0.15, 0.2) is 18.6 Å². The Kier molecular flexibility index (Phi) is 3.46. The van der Waals surface area contributed by atoms with Gasteiger partial charge in [0.15, 0.2) is 5.82 Å². The van der Waals surface area contributed by atoms with Gasteiger partial charge in [0.2, 0.25) is 0 Å². The molecule has 7 heteroatoms. The molecule has 0 saturated carbocycles. The number of rotatable bonds is 4. The van der Waals surface area contributed by atoms with Gasteiger partial charge >= 0.3 is 5.97 Å². The smallest absolute Gasteiger partial charge is 0.352 e. The number of aromatic nitrogens is 4. The number of aromatic carboxylic acids is 1. The van der Waals surface area contributed by atoms with E-state index < -0.39 is 5.97 Å². The number of carbonyl (C=O) groups is 1. The van der Waals surface area contributed by atoms with Gasteiger partial charge in [-0.25, -0.2) is 4.79 Å². The second-order valence-electron chi connectivity index (χ2n) is 3.51. The van der Waals surface area contributed by atoms with Crippen LogP contribution < -0.4 is 0 Å². The molecular weight excluding hydrogens is 335 g/mol. The maximum atomic E-state index is 11.1. The van der Waals surface area contributed by atoms with Crippen molar-refractivity contribution in [1.29, 1.82) is 0 Å². The summed E-state index contributed by atoms with van der Waals surface area (Å²) in [5.41, 5.74) is 0.264. The highest BCUT2D eigenvalue weighted by Crippen LogP contribution is 2.13. The standard InChI is InChI=1S/C10H11IN4O2/c1-2-14-6-12-13-9(14)5-15-4-7(11)3-8(15)10(16)17/h3-4,6H,2,5H2,1H3,(H,16,17). The number of nitrogens with zero attached hydrogens (tertiary/aromatic N) is 4. The van der Waals surface area contributed by atoms with Crippen LogP contribution in [0.1, 0.15) is 23.2 Å². The summed E-state index contributed by atoms with van der Waals surface area (Å²) in [5.74, 6) is -0.183. The molecule has 0 saturated heterocycles.